The predicted molar refractivity (Wildman–Crippen MR) is 32.0 cm³/mol. The highest BCUT2D eigenvalue weighted by Crippen LogP contribution is 2.08. The summed E-state index contributed by atoms with van der Waals surface area (Å²) in [6.07, 6.45) is 0.963. The summed E-state index contributed by atoms with van der Waals surface area (Å²) in [5.74, 6) is -0.0889. The van der Waals surface area contributed by atoms with Gasteiger partial charge in [0, 0.05) is 6.42 Å². The highest BCUT2D eigenvalue weighted by Gasteiger charge is 2.25. The maximum atomic E-state index is 10.4. The Morgan fingerprint density at radius 3 is 2.67 bits per heavy atom. The van der Waals surface area contributed by atoms with Crippen LogP contribution in [0, 0.1) is 0 Å². The van der Waals surface area contributed by atoms with Crippen molar-refractivity contribution in [3.63, 3.8) is 0 Å². The molecule has 3 nitrogen and oxygen atoms in total. The van der Waals surface area contributed by atoms with Gasteiger partial charge in [0.15, 0.2) is 0 Å². The summed E-state index contributed by atoms with van der Waals surface area (Å²) < 4.78 is 0. The first-order chi connectivity index (χ1) is 4.20. The Morgan fingerprint density at radius 2 is 2.44 bits per heavy atom. The minimum absolute atomic E-state index is 0.0889. The average molecular weight is 148 g/mol. The number of carbonyl (C=O) groups is 2. The number of rotatable bonds is 1. The number of hydrogen-bond acceptors (Lipinski definition) is 2. The van der Waals surface area contributed by atoms with Crippen molar-refractivity contribution in [2.24, 2.45) is 0 Å². The van der Waals surface area contributed by atoms with E-state index >= 15 is 0 Å². The van der Waals surface area contributed by atoms with Crippen molar-refractivity contribution in [1.82, 2.24) is 5.32 Å². The van der Waals surface area contributed by atoms with E-state index in [0.717, 1.165) is 0 Å². The van der Waals surface area contributed by atoms with Gasteiger partial charge in [-0.2, -0.15) is 0 Å². The first-order valence-electron chi connectivity index (χ1n) is 2.69. The lowest BCUT2D eigenvalue weighted by Gasteiger charge is -1.99. The fourth-order valence-corrected chi connectivity index (χ4v) is 0.948. The molecule has 9 heavy (non-hydrogen) atoms. The molecule has 50 valence electrons. The van der Waals surface area contributed by atoms with Crippen LogP contribution in [0.2, 0.25) is 0 Å². The Kier molecular flexibility index (Phi) is 1.71. The maximum Gasteiger partial charge on any atom is 0.244 e. The molecule has 0 spiro atoms. The molecular formula is C5H6ClNO2. The number of nitrogens with one attached hydrogen (secondary N) is 1. The summed E-state index contributed by atoms with van der Waals surface area (Å²) in [6.45, 7) is 0. The van der Waals surface area contributed by atoms with Crippen molar-refractivity contribution in [2.45, 2.75) is 18.9 Å². The third-order valence-corrected chi connectivity index (χ3v) is 1.53. The first-order valence-corrected chi connectivity index (χ1v) is 3.06. The van der Waals surface area contributed by atoms with Gasteiger partial charge in [0.05, 0.1) is 0 Å². The van der Waals surface area contributed by atoms with E-state index in [4.69, 9.17) is 11.6 Å². The summed E-state index contributed by atoms with van der Waals surface area (Å²) in [6, 6.07) is -0.431. The minimum atomic E-state index is -0.471. The molecule has 0 aromatic heterocycles. The van der Waals surface area contributed by atoms with E-state index < -0.39 is 11.3 Å². The second-order valence-corrected chi connectivity index (χ2v) is 2.34. The van der Waals surface area contributed by atoms with Crippen LogP contribution in [-0.2, 0) is 9.59 Å². The third kappa shape index (κ3) is 1.42. The Balaban J connectivity index is 2.48. The molecule has 4 heteroatoms. The summed E-state index contributed by atoms with van der Waals surface area (Å²) >= 11 is 5.10. The lowest BCUT2D eigenvalue weighted by atomic mass is 10.2. The van der Waals surface area contributed by atoms with Crippen molar-refractivity contribution in [2.75, 3.05) is 0 Å². The summed E-state index contributed by atoms with van der Waals surface area (Å²) in [5.41, 5.74) is 0. The molecule has 1 rings (SSSR count). The molecule has 1 fully saturated rings. The van der Waals surface area contributed by atoms with E-state index in [0.29, 0.717) is 12.8 Å². The van der Waals surface area contributed by atoms with Gasteiger partial charge in [0.2, 0.25) is 11.1 Å². The Hall–Kier alpha value is -0.570. The highest BCUT2D eigenvalue weighted by molar-refractivity contribution is 6.65. The quantitative estimate of drug-likeness (QED) is 0.532. The molecule has 1 aliphatic heterocycles. The fraction of sp³-hybridized carbons (Fsp3) is 0.600. The van der Waals surface area contributed by atoms with Gasteiger partial charge < -0.3 is 5.32 Å². The van der Waals surface area contributed by atoms with Crippen LogP contribution in [0.5, 0.6) is 0 Å². The molecule has 0 aromatic rings. The molecule has 0 bridgehead atoms. The van der Waals surface area contributed by atoms with Crippen molar-refractivity contribution in [1.29, 1.82) is 0 Å². The zero-order chi connectivity index (χ0) is 6.85. The number of carbonyl (C=O) groups excluding carboxylic acids is 2. The Labute approximate surface area is 57.4 Å². The van der Waals surface area contributed by atoms with Crippen LogP contribution >= 0.6 is 11.6 Å². The van der Waals surface area contributed by atoms with Gasteiger partial charge in [0.25, 0.3) is 0 Å². The number of halogens is 1. The van der Waals surface area contributed by atoms with Crippen molar-refractivity contribution < 1.29 is 9.59 Å². The molecule has 1 heterocycles. The van der Waals surface area contributed by atoms with Crippen molar-refractivity contribution >= 4 is 22.8 Å². The second-order valence-electron chi connectivity index (χ2n) is 1.96. The van der Waals surface area contributed by atoms with Gasteiger partial charge in [-0.15, -0.1) is 0 Å². The van der Waals surface area contributed by atoms with E-state index in [9.17, 15) is 9.59 Å². The minimum Gasteiger partial charge on any atom is -0.345 e. The van der Waals surface area contributed by atoms with E-state index in [1.54, 1.807) is 0 Å². The van der Waals surface area contributed by atoms with Crippen LogP contribution in [0.15, 0.2) is 0 Å². The Morgan fingerprint density at radius 1 is 1.78 bits per heavy atom. The smallest absolute Gasteiger partial charge is 0.244 e. The van der Waals surface area contributed by atoms with Crippen LogP contribution in [-0.4, -0.2) is 17.2 Å². The van der Waals surface area contributed by atoms with E-state index in [2.05, 4.69) is 5.32 Å². The van der Waals surface area contributed by atoms with E-state index in [1.165, 1.54) is 0 Å². The largest absolute Gasteiger partial charge is 0.345 e. The normalized spacial score (nSPS) is 25.9. The molecule has 0 aliphatic carbocycles. The first kappa shape index (κ1) is 6.55. The molecule has 0 saturated carbocycles. The van der Waals surface area contributed by atoms with E-state index in [-0.39, 0.29) is 5.91 Å². The molecule has 1 N–H and O–H groups in total. The highest BCUT2D eigenvalue weighted by atomic mass is 35.5. The van der Waals surface area contributed by atoms with Crippen LogP contribution in [0.4, 0.5) is 0 Å². The number of amides is 1. The monoisotopic (exact) mass is 147 g/mol. The van der Waals surface area contributed by atoms with Crippen LogP contribution in [0.1, 0.15) is 12.8 Å². The van der Waals surface area contributed by atoms with Crippen LogP contribution in [0.3, 0.4) is 0 Å². The lowest BCUT2D eigenvalue weighted by Crippen LogP contribution is -2.29. The Bertz CT molecular complexity index is 157. The molecule has 0 unspecified atom stereocenters. The van der Waals surface area contributed by atoms with Gasteiger partial charge in [-0.05, 0) is 18.0 Å². The molecule has 1 aliphatic rings. The van der Waals surface area contributed by atoms with Gasteiger partial charge in [-0.1, -0.05) is 0 Å². The van der Waals surface area contributed by atoms with Gasteiger partial charge in [0.1, 0.15) is 6.04 Å². The fourth-order valence-electron chi connectivity index (χ4n) is 0.784. The number of hydrogen-bond donors (Lipinski definition) is 1. The SMILES string of the molecule is O=C1CC[C@H](C(=O)Cl)N1. The van der Waals surface area contributed by atoms with Gasteiger partial charge >= 0.3 is 0 Å². The van der Waals surface area contributed by atoms with Crippen molar-refractivity contribution in [3.8, 4) is 0 Å². The molecule has 1 atom stereocenters. The average Bonchev–Trinajstić information content (AvgIpc) is 2.14. The van der Waals surface area contributed by atoms with Gasteiger partial charge in [-0.25, -0.2) is 0 Å². The summed E-state index contributed by atoms with van der Waals surface area (Å²) in [5, 5.41) is 1.96. The zero-order valence-electron chi connectivity index (χ0n) is 4.69. The van der Waals surface area contributed by atoms with E-state index in [1.807, 2.05) is 0 Å². The lowest BCUT2D eigenvalue weighted by molar-refractivity contribution is -0.121. The standard InChI is InChI=1S/C5H6ClNO2/c6-5(9)3-1-2-4(8)7-3/h3H,1-2H2,(H,7,8)/t3-/m1/s1. The summed E-state index contributed by atoms with van der Waals surface area (Å²) in [4.78, 5) is 20.8. The van der Waals surface area contributed by atoms with Crippen LogP contribution in [0.25, 0.3) is 0 Å². The zero-order valence-corrected chi connectivity index (χ0v) is 5.44. The summed E-state index contributed by atoms with van der Waals surface area (Å²) in [7, 11) is 0. The molecule has 0 radical (unpaired) electrons. The molecule has 0 aromatic carbocycles. The third-order valence-electron chi connectivity index (χ3n) is 1.27. The van der Waals surface area contributed by atoms with Crippen LogP contribution < -0.4 is 5.32 Å². The maximum absolute atomic E-state index is 10.4. The predicted octanol–water partition coefficient (Wildman–Crippen LogP) is 0.0304. The molecular weight excluding hydrogens is 142 g/mol. The molecule has 1 amide bonds. The van der Waals surface area contributed by atoms with Crippen molar-refractivity contribution in [3.05, 3.63) is 0 Å². The van der Waals surface area contributed by atoms with Gasteiger partial charge in [-0.3, -0.25) is 9.59 Å². The second kappa shape index (κ2) is 2.35. The molecule has 1 saturated heterocycles. The topological polar surface area (TPSA) is 46.2 Å².